The van der Waals surface area contributed by atoms with Gasteiger partial charge in [-0.1, -0.05) is 53.2 Å². The van der Waals surface area contributed by atoms with Gasteiger partial charge in [-0.3, -0.25) is 4.79 Å². The lowest BCUT2D eigenvalue weighted by Crippen LogP contribution is -2.68. The summed E-state index contributed by atoms with van der Waals surface area (Å²) in [5.74, 6) is -0.308. The molecule has 0 aromatic heterocycles. The van der Waals surface area contributed by atoms with E-state index in [4.69, 9.17) is 9.47 Å². The number of allylic oxidation sites excluding steroid dienone is 1. The number of aliphatic hydroxyl groups excluding tert-OH is 5. The first kappa shape index (κ1) is 33.8. The van der Waals surface area contributed by atoms with Crippen LogP contribution in [0.2, 0.25) is 0 Å². The van der Waals surface area contributed by atoms with Crippen LogP contribution in [-0.2, 0) is 14.3 Å². The van der Waals surface area contributed by atoms with E-state index in [2.05, 4.69) is 40.7 Å². The average molecular weight is 635 g/mol. The van der Waals surface area contributed by atoms with Crippen LogP contribution in [0.4, 0.5) is 0 Å². The number of esters is 1. The van der Waals surface area contributed by atoms with Crippen LogP contribution in [0.3, 0.4) is 0 Å². The number of hydrogen-bond acceptors (Lipinski definition) is 9. The van der Waals surface area contributed by atoms with Crippen molar-refractivity contribution in [3.63, 3.8) is 0 Å². The molecule has 1 aliphatic heterocycles. The lowest BCUT2D eigenvalue weighted by molar-refractivity contribution is -0.299. The summed E-state index contributed by atoms with van der Waals surface area (Å²) < 4.78 is 11.5. The highest BCUT2D eigenvalue weighted by Crippen LogP contribution is 2.76. The van der Waals surface area contributed by atoms with Gasteiger partial charge in [0.25, 0.3) is 0 Å². The van der Waals surface area contributed by atoms with E-state index in [-0.39, 0.29) is 33.7 Å². The normalized spacial score (nSPS) is 55.7. The number of ether oxygens (including phenoxy) is 2. The number of rotatable bonds is 3. The third kappa shape index (κ3) is 4.39. The van der Waals surface area contributed by atoms with Gasteiger partial charge in [0.2, 0.25) is 6.29 Å². The molecule has 6 aliphatic rings. The van der Waals surface area contributed by atoms with Crippen LogP contribution in [-0.4, -0.2) is 85.6 Å². The van der Waals surface area contributed by atoms with Crippen LogP contribution in [0.15, 0.2) is 11.6 Å². The molecule has 15 atom stereocenters. The van der Waals surface area contributed by atoms with Crippen LogP contribution in [0.1, 0.15) is 106 Å². The Hall–Kier alpha value is -1.07. The molecule has 9 nitrogen and oxygen atoms in total. The predicted octanol–water partition coefficient (Wildman–Crippen LogP) is 3.46. The molecule has 0 bridgehead atoms. The Morgan fingerprint density at radius 2 is 1.58 bits per heavy atom. The molecule has 6 rings (SSSR count). The monoisotopic (exact) mass is 634 g/mol. The Labute approximate surface area is 268 Å². The second-order valence-electron chi connectivity index (χ2n) is 17.5. The van der Waals surface area contributed by atoms with Gasteiger partial charge in [0.15, 0.2) is 0 Å². The van der Waals surface area contributed by atoms with Gasteiger partial charge in [-0.2, -0.15) is 0 Å². The highest BCUT2D eigenvalue weighted by molar-refractivity contribution is 5.79. The fraction of sp³-hybridized carbons (Fsp3) is 0.917. The minimum absolute atomic E-state index is 0.0571. The second kappa shape index (κ2) is 10.7. The van der Waals surface area contributed by atoms with Crippen molar-refractivity contribution in [1.29, 1.82) is 0 Å². The quantitative estimate of drug-likeness (QED) is 0.202. The van der Waals surface area contributed by atoms with Gasteiger partial charge in [-0.05, 0) is 104 Å². The topological polar surface area (TPSA) is 157 Å². The zero-order valence-corrected chi connectivity index (χ0v) is 28.3. The fourth-order valence-electron chi connectivity index (χ4n) is 12.2. The maximum atomic E-state index is 14.4. The van der Waals surface area contributed by atoms with E-state index in [9.17, 15) is 35.4 Å². The summed E-state index contributed by atoms with van der Waals surface area (Å²) in [6.45, 7) is 15.1. The maximum Gasteiger partial charge on any atom is 0.315 e. The van der Waals surface area contributed by atoms with Gasteiger partial charge in [0, 0.05) is 5.92 Å². The molecule has 0 amide bonds. The third-order valence-corrected chi connectivity index (χ3v) is 15.5. The third-order valence-electron chi connectivity index (χ3n) is 15.5. The molecule has 5 fully saturated rings. The van der Waals surface area contributed by atoms with E-state index in [0.29, 0.717) is 31.1 Å². The second-order valence-corrected chi connectivity index (χ2v) is 17.5. The Morgan fingerprint density at radius 3 is 2.24 bits per heavy atom. The Kier molecular flexibility index (Phi) is 8.05. The van der Waals surface area contributed by atoms with Crippen molar-refractivity contribution in [3.05, 3.63) is 11.6 Å². The molecule has 45 heavy (non-hydrogen) atoms. The van der Waals surface area contributed by atoms with Crippen molar-refractivity contribution in [1.82, 2.24) is 0 Å². The van der Waals surface area contributed by atoms with Crippen molar-refractivity contribution >= 4 is 5.97 Å². The molecule has 0 aromatic rings. The zero-order chi connectivity index (χ0) is 33.1. The van der Waals surface area contributed by atoms with Crippen molar-refractivity contribution in [2.24, 2.45) is 50.7 Å². The van der Waals surface area contributed by atoms with Crippen LogP contribution in [0.5, 0.6) is 0 Å². The van der Waals surface area contributed by atoms with Crippen molar-refractivity contribution < 1.29 is 44.9 Å². The van der Waals surface area contributed by atoms with Gasteiger partial charge in [-0.15, -0.1) is 0 Å². The first-order valence-corrected chi connectivity index (χ1v) is 17.5. The molecule has 0 aromatic carbocycles. The Balaban J connectivity index is 1.39. The first-order valence-electron chi connectivity index (χ1n) is 17.5. The number of aliphatic hydroxyl groups is 6. The van der Waals surface area contributed by atoms with E-state index in [1.807, 2.05) is 13.8 Å². The standard InChI is InChI=1S/C36H58O9/c1-19-10-15-36(30(42)45-29-27(41)26(40)25(39)21(18-37)44-29)17-16-33(5)20(28(36)35(19,7)43)8-9-23-32(4)13-12-24(38)31(2,3)22(32)11-14-34(23,33)6/h8,19,21-29,37-41,43H,9-18H2,1-7H3. The van der Waals surface area contributed by atoms with Gasteiger partial charge in [0.1, 0.15) is 24.4 Å². The summed E-state index contributed by atoms with van der Waals surface area (Å²) in [7, 11) is 0. The average Bonchev–Trinajstić information content (AvgIpc) is 2.97. The Morgan fingerprint density at radius 1 is 0.889 bits per heavy atom. The molecule has 0 spiro atoms. The fourth-order valence-corrected chi connectivity index (χ4v) is 12.2. The SMILES string of the molecule is CC1CCC2(C(=O)OC3OC(CO)C(O)C(O)C3O)CCC3(C)C(=CCC4C5(C)CCC(O)C(C)(C)C5CCC43C)C2C1(C)O. The molecule has 1 heterocycles. The summed E-state index contributed by atoms with van der Waals surface area (Å²) in [5, 5.41) is 64.4. The van der Waals surface area contributed by atoms with E-state index >= 15 is 0 Å². The smallest absolute Gasteiger partial charge is 0.315 e. The number of carbonyl (C=O) groups is 1. The van der Waals surface area contributed by atoms with Crippen LogP contribution >= 0.6 is 0 Å². The number of hydrogen-bond donors (Lipinski definition) is 6. The van der Waals surface area contributed by atoms with E-state index < -0.39 is 60.2 Å². The lowest BCUT2D eigenvalue weighted by atomic mass is 9.33. The van der Waals surface area contributed by atoms with Gasteiger partial charge < -0.3 is 40.1 Å². The van der Waals surface area contributed by atoms with Crippen molar-refractivity contribution in [2.45, 2.75) is 149 Å². The molecule has 256 valence electrons. The summed E-state index contributed by atoms with van der Waals surface area (Å²) in [6.07, 6.45) is 1.59. The Bertz CT molecular complexity index is 1210. The molecule has 5 aliphatic carbocycles. The van der Waals surface area contributed by atoms with Gasteiger partial charge in [0.05, 0.1) is 23.7 Å². The van der Waals surface area contributed by atoms with Crippen molar-refractivity contribution in [3.8, 4) is 0 Å². The molecule has 6 N–H and O–H groups in total. The van der Waals surface area contributed by atoms with E-state index in [0.717, 1.165) is 44.1 Å². The van der Waals surface area contributed by atoms with E-state index in [1.165, 1.54) is 0 Å². The molecule has 0 radical (unpaired) electrons. The minimum Gasteiger partial charge on any atom is -0.432 e. The molecule has 9 heteroatoms. The molecule has 1 saturated heterocycles. The van der Waals surface area contributed by atoms with Crippen LogP contribution in [0, 0.1) is 50.7 Å². The molecular formula is C36H58O9. The number of carbonyl (C=O) groups excluding carboxylic acids is 1. The lowest BCUT2D eigenvalue weighted by Gasteiger charge is -2.71. The summed E-state index contributed by atoms with van der Waals surface area (Å²) in [4.78, 5) is 14.4. The minimum atomic E-state index is -1.68. The summed E-state index contributed by atoms with van der Waals surface area (Å²) in [6, 6.07) is 0. The van der Waals surface area contributed by atoms with Crippen LogP contribution in [0.25, 0.3) is 0 Å². The molecule has 4 saturated carbocycles. The highest BCUT2D eigenvalue weighted by Gasteiger charge is 2.71. The highest BCUT2D eigenvalue weighted by atomic mass is 16.7. The number of fused-ring (bicyclic) bond motifs is 7. The molecular weight excluding hydrogens is 576 g/mol. The zero-order valence-electron chi connectivity index (χ0n) is 28.3. The van der Waals surface area contributed by atoms with Crippen LogP contribution < -0.4 is 0 Å². The van der Waals surface area contributed by atoms with E-state index in [1.54, 1.807) is 0 Å². The maximum absolute atomic E-state index is 14.4. The predicted molar refractivity (Wildman–Crippen MR) is 166 cm³/mol. The van der Waals surface area contributed by atoms with Gasteiger partial charge >= 0.3 is 5.97 Å². The van der Waals surface area contributed by atoms with Crippen molar-refractivity contribution in [2.75, 3.05) is 6.61 Å². The summed E-state index contributed by atoms with van der Waals surface area (Å²) in [5.41, 5.74) is -1.51. The molecule has 15 unspecified atom stereocenters. The largest absolute Gasteiger partial charge is 0.432 e. The first-order chi connectivity index (χ1) is 20.8. The summed E-state index contributed by atoms with van der Waals surface area (Å²) >= 11 is 0. The van der Waals surface area contributed by atoms with Gasteiger partial charge in [-0.25, -0.2) is 0 Å².